The molecule has 0 radical (unpaired) electrons. The third kappa shape index (κ3) is 12.1. The number of aliphatic hydroxyl groups is 1. The average molecular weight is 177 g/mol. The van der Waals surface area contributed by atoms with Crippen LogP contribution in [-0.2, 0) is 9.53 Å². The summed E-state index contributed by atoms with van der Waals surface area (Å²) in [6.07, 6.45) is -0.499. The maximum Gasteiger partial charge on any atom is 0.246 e. The molecule has 1 amide bonds. The van der Waals surface area contributed by atoms with E-state index in [0.29, 0.717) is 0 Å². The van der Waals surface area contributed by atoms with Gasteiger partial charge in [0.1, 0.15) is 6.61 Å². The molecule has 4 heteroatoms. The summed E-state index contributed by atoms with van der Waals surface area (Å²) in [5, 5.41) is 11.2. The summed E-state index contributed by atoms with van der Waals surface area (Å²) < 4.78 is 4.54. The second-order valence-corrected chi connectivity index (χ2v) is 2.09. The van der Waals surface area contributed by atoms with Crippen molar-refractivity contribution in [2.75, 3.05) is 20.3 Å². The predicted octanol–water partition coefficient (Wildman–Crippen LogP) is 0.156. The lowest BCUT2D eigenvalue weighted by atomic mass is 10.4. The summed E-state index contributed by atoms with van der Waals surface area (Å²) in [5.74, 6) is -0.205. The number of rotatable bonds is 4. The smallest absolute Gasteiger partial charge is 0.246 e. The maximum absolute atomic E-state index is 10.6. The molecule has 0 saturated heterocycles. The van der Waals surface area contributed by atoms with E-state index in [1.165, 1.54) is 7.11 Å². The lowest BCUT2D eigenvalue weighted by Crippen LogP contribution is -2.32. The molecule has 0 spiro atoms. The van der Waals surface area contributed by atoms with E-state index in [1.54, 1.807) is 6.92 Å². The molecule has 0 aromatic heterocycles. The number of ether oxygens (including phenoxy) is 1. The summed E-state index contributed by atoms with van der Waals surface area (Å²) in [5.41, 5.74) is 0. The van der Waals surface area contributed by atoms with E-state index in [0.717, 1.165) is 0 Å². The third-order valence-electron chi connectivity index (χ3n) is 0.870. The first-order valence-electron chi connectivity index (χ1n) is 4.10. The summed E-state index contributed by atoms with van der Waals surface area (Å²) in [6.45, 7) is 5.93. The SMILES string of the molecule is CC.COCC(=O)NCC(C)O. The van der Waals surface area contributed by atoms with Crippen molar-refractivity contribution in [2.24, 2.45) is 0 Å². The van der Waals surface area contributed by atoms with Crippen molar-refractivity contribution in [1.82, 2.24) is 5.32 Å². The van der Waals surface area contributed by atoms with Gasteiger partial charge in [-0.2, -0.15) is 0 Å². The van der Waals surface area contributed by atoms with Crippen LogP contribution in [0.15, 0.2) is 0 Å². The van der Waals surface area contributed by atoms with Gasteiger partial charge in [-0.3, -0.25) is 4.79 Å². The molecule has 74 valence electrons. The van der Waals surface area contributed by atoms with E-state index >= 15 is 0 Å². The molecule has 0 rings (SSSR count). The van der Waals surface area contributed by atoms with Gasteiger partial charge in [0, 0.05) is 13.7 Å². The molecule has 4 nitrogen and oxygen atoms in total. The Labute approximate surface area is 73.9 Å². The van der Waals surface area contributed by atoms with Gasteiger partial charge in [-0.05, 0) is 6.92 Å². The molecule has 2 N–H and O–H groups in total. The number of aliphatic hydroxyl groups excluding tert-OH is 1. The van der Waals surface area contributed by atoms with Crippen molar-refractivity contribution in [1.29, 1.82) is 0 Å². The molecule has 1 atom stereocenters. The van der Waals surface area contributed by atoms with Crippen LogP contribution in [-0.4, -0.2) is 37.4 Å². The standard InChI is InChI=1S/C6H13NO3.C2H6/c1-5(8)3-7-6(9)4-10-2;1-2/h5,8H,3-4H2,1-2H3,(H,7,9);1-2H3. The molecular weight excluding hydrogens is 158 g/mol. The normalized spacial score (nSPS) is 11.1. The Kier molecular flexibility index (Phi) is 12.1. The van der Waals surface area contributed by atoms with Crippen molar-refractivity contribution in [2.45, 2.75) is 26.9 Å². The molecule has 0 heterocycles. The highest BCUT2D eigenvalue weighted by Gasteiger charge is 2.00. The molecule has 0 bridgehead atoms. The number of nitrogens with one attached hydrogen (secondary N) is 1. The van der Waals surface area contributed by atoms with Gasteiger partial charge in [-0.1, -0.05) is 13.8 Å². The van der Waals surface area contributed by atoms with Gasteiger partial charge in [0.05, 0.1) is 6.10 Å². The van der Waals surface area contributed by atoms with E-state index in [4.69, 9.17) is 5.11 Å². The van der Waals surface area contributed by atoms with Gasteiger partial charge in [0.25, 0.3) is 0 Å². The van der Waals surface area contributed by atoms with Crippen LogP contribution >= 0.6 is 0 Å². The minimum atomic E-state index is -0.499. The van der Waals surface area contributed by atoms with Crippen LogP contribution in [0.3, 0.4) is 0 Å². The Morgan fingerprint density at radius 3 is 2.42 bits per heavy atom. The first kappa shape index (κ1) is 13.9. The largest absolute Gasteiger partial charge is 0.392 e. The van der Waals surface area contributed by atoms with Crippen molar-refractivity contribution >= 4 is 5.91 Å². The Hall–Kier alpha value is -0.610. The molecule has 0 aliphatic rings. The summed E-state index contributed by atoms with van der Waals surface area (Å²) in [7, 11) is 1.45. The van der Waals surface area contributed by atoms with Crippen molar-refractivity contribution in [3.63, 3.8) is 0 Å². The number of hydrogen-bond acceptors (Lipinski definition) is 3. The first-order chi connectivity index (χ1) is 5.66. The Morgan fingerprint density at radius 1 is 1.58 bits per heavy atom. The summed E-state index contributed by atoms with van der Waals surface area (Å²) >= 11 is 0. The minimum Gasteiger partial charge on any atom is -0.392 e. The van der Waals surface area contributed by atoms with Gasteiger partial charge in [0.15, 0.2) is 0 Å². The van der Waals surface area contributed by atoms with Gasteiger partial charge >= 0.3 is 0 Å². The van der Waals surface area contributed by atoms with E-state index < -0.39 is 6.10 Å². The molecule has 0 fully saturated rings. The number of hydrogen-bond donors (Lipinski definition) is 2. The highest BCUT2D eigenvalue weighted by Crippen LogP contribution is 1.75. The van der Waals surface area contributed by atoms with E-state index in [-0.39, 0.29) is 19.1 Å². The number of methoxy groups -OCH3 is 1. The second-order valence-electron chi connectivity index (χ2n) is 2.09. The lowest BCUT2D eigenvalue weighted by Gasteiger charge is -2.05. The molecule has 0 aliphatic heterocycles. The fraction of sp³-hybridized carbons (Fsp3) is 0.875. The van der Waals surface area contributed by atoms with Crippen molar-refractivity contribution < 1.29 is 14.6 Å². The Balaban J connectivity index is 0. The van der Waals surface area contributed by atoms with Gasteiger partial charge in [0.2, 0.25) is 5.91 Å². The second kappa shape index (κ2) is 10.4. The molecule has 0 aromatic carbocycles. The molecule has 1 unspecified atom stereocenters. The maximum atomic E-state index is 10.6. The summed E-state index contributed by atoms with van der Waals surface area (Å²) in [6, 6.07) is 0. The zero-order valence-electron chi connectivity index (χ0n) is 8.26. The van der Waals surface area contributed by atoms with Gasteiger partial charge in [-0.25, -0.2) is 0 Å². The zero-order chi connectivity index (χ0) is 9.98. The van der Waals surface area contributed by atoms with E-state index in [9.17, 15) is 4.79 Å². The van der Waals surface area contributed by atoms with Crippen LogP contribution in [0.5, 0.6) is 0 Å². The van der Waals surface area contributed by atoms with Crippen molar-refractivity contribution in [3.05, 3.63) is 0 Å². The number of amides is 1. The number of carbonyl (C=O) groups is 1. The van der Waals surface area contributed by atoms with Crippen molar-refractivity contribution in [3.8, 4) is 0 Å². The molecular formula is C8H19NO3. The monoisotopic (exact) mass is 177 g/mol. The highest BCUT2D eigenvalue weighted by atomic mass is 16.5. The fourth-order valence-corrected chi connectivity index (χ4v) is 0.444. The first-order valence-corrected chi connectivity index (χ1v) is 4.10. The average Bonchev–Trinajstić information content (AvgIpc) is 2.05. The van der Waals surface area contributed by atoms with Crippen LogP contribution in [0.4, 0.5) is 0 Å². The molecule has 0 saturated carbocycles. The van der Waals surface area contributed by atoms with Gasteiger partial charge in [-0.15, -0.1) is 0 Å². The topological polar surface area (TPSA) is 58.6 Å². The lowest BCUT2D eigenvalue weighted by molar-refractivity contribution is -0.125. The molecule has 0 aliphatic carbocycles. The molecule has 0 aromatic rings. The van der Waals surface area contributed by atoms with Crippen LogP contribution in [0.2, 0.25) is 0 Å². The van der Waals surface area contributed by atoms with E-state index in [1.807, 2.05) is 13.8 Å². The molecule has 12 heavy (non-hydrogen) atoms. The quantitative estimate of drug-likeness (QED) is 0.643. The highest BCUT2D eigenvalue weighted by molar-refractivity contribution is 5.77. The van der Waals surface area contributed by atoms with Crippen LogP contribution in [0, 0.1) is 0 Å². The number of carbonyl (C=O) groups excluding carboxylic acids is 1. The minimum absolute atomic E-state index is 0.0483. The van der Waals surface area contributed by atoms with Crippen LogP contribution < -0.4 is 5.32 Å². The Morgan fingerprint density at radius 2 is 2.08 bits per heavy atom. The Bertz CT molecular complexity index is 104. The third-order valence-corrected chi connectivity index (χ3v) is 0.870. The van der Waals surface area contributed by atoms with Gasteiger partial charge < -0.3 is 15.2 Å². The predicted molar refractivity (Wildman–Crippen MR) is 47.9 cm³/mol. The van der Waals surface area contributed by atoms with E-state index in [2.05, 4.69) is 10.1 Å². The zero-order valence-corrected chi connectivity index (χ0v) is 8.26. The summed E-state index contributed by atoms with van der Waals surface area (Å²) in [4.78, 5) is 10.6. The fourth-order valence-electron chi connectivity index (χ4n) is 0.444. The van der Waals surface area contributed by atoms with Crippen LogP contribution in [0.1, 0.15) is 20.8 Å². The van der Waals surface area contributed by atoms with Crippen LogP contribution in [0.25, 0.3) is 0 Å².